The molecule has 0 aliphatic carbocycles. The van der Waals surface area contributed by atoms with Crippen LogP contribution in [0.1, 0.15) is 27.0 Å². The van der Waals surface area contributed by atoms with E-state index >= 15 is 0 Å². The number of aromatic nitrogens is 3. The standard InChI is InChI=1S/C17H13F4N5O2/c18-13-2-1-9(4-12(13)17(19,20)21)3-10-5-23-15-11(6-25-26(15)8-10)16(28)24-7-14(22)27/h1-2,4-6,8H,3,7H2,(H2,22,27)(H,24,28). The van der Waals surface area contributed by atoms with Crippen molar-refractivity contribution in [2.75, 3.05) is 6.54 Å². The van der Waals surface area contributed by atoms with Crippen LogP contribution in [0.25, 0.3) is 5.65 Å². The van der Waals surface area contributed by atoms with Gasteiger partial charge in [-0.3, -0.25) is 9.59 Å². The molecule has 3 rings (SSSR count). The van der Waals surface area contributed by atoms with Gasteiger partial charge in [-0.1, -0.05) is 6.07 Å². The van der Waals surface area contributed by atoms with Crippen molar-refractivity contribution in [3.05, 3.63) is 64.9 Å². The summed E-state index contributed by atoms with van der Waals surface area (Å²) in [5.74, 6) is -2.65. The normalized spacial score (nSPS) is 11.6. The minimum absolute atomic E-state index is 0.0510. The van der Waals surface area contributed by atoms with E-state index in [9.17, 15) is 27.2 Å². The van der Waals surface area contributed by atoms with E-state index in [0.29, 0.717) is 5.56 Å². The fraction of sp³-hybridized carbons (Fsp3) is 0.176. The first kappa shape index (κ1) is 19.3. The molecular formula is C17H13F4N5O2. The van der Waals surface area contributed by atoms with Crippen molar-refractivity contribution < 1.29 is 27.2 Å². The van der Waals surface area contributed by atoms with Gasteiger partial charge in [0.05, 0.1) is 18.3 Å². The lowest BCUT2D eigenvalue weighted by Gasteiger charge is -2.10. The van der Waals surface area contributed by atoms with E-state index in [4.69, 9.17) is 5.73 Å². The zero-order chi connectivity index (χ0) is 20.5. The molecule has 0 spiro atoms. The van der Waals surface area contributed by atoms with Gasteiger partial charge in [0.2, 0.25) is 5.91 Å². The lowest BCUT2D eigenvalue weighted by atomic mass is 10.0. The SMILES string of the molecule is NC(=O)CNC(=O)c1cnn2cc(Cc3ccc(F)c(C(F)(F)F)c3)cnc12. The Labute approximate surface area is 155 Å². The Morgan fingerprint density at radius 3 is 2.61 bits per heavy atom. The number of hydrogen-bond donors (Lipinski definition) is 2. The third-order valence-electron chi connectivity index (χ3n) is 3.82. The Morgan fingerprint density at radius 1 is 1.18 bits per heavy atom. The van der Waals surface area contributed by atoms with Crippen molar-refractivity contribution in [3.8, 4) is 0 Å². The molecule has 146 valence electrons. The number of halogens is 4. The van der Waals surface area contributed by atoms with E-state index in [-0.39, 0.29) is 29.7 Å². The zero-order valence-corrected chi connectivity index (χ0v) is 14.1. The van der Waals surface area contributed by atoms with Gasteiger partial charge in [0.1, 0.15) is 11.4 Å². The highest BCUT2D eigenvalue weighted by molar-refractivity contribution is 6.00. The Morgan fingerprint density at radius 2 is 1.93 bits per heavy atom. The quantitative estimate of drug-likeness (QED) is 0.642. The first-order valence-electron chi connectivity index (χ1n) is 7.89. The van der Waals surface area contributed by atoms with E-state index < -0.39 is 29.4 Å². The Hall–Kier alpha value is -3.50. The molecule has 0 fully saturated rings. The molecule has 0 radical (unpaired) electrons. The van der Waals surface area contributed by atoms with Crippen molar-refractivity contribution in [1.82, 2.24) is 19.9 Å². The lowest BCUT2D eigenvalue weighted by Crippen LogP contribution is -2.33. The number of nitrogens with two attached hydrogens (primary N) is 1. The maximum Gasteiger partial charge on any atom is 0.419 e. The third kappa shape index (κ3) is 4.08. The van der Waals surface area contributed by atoms with Crippen LogP contribution >= 0.6 is 0 Å². The average molecular weight is 395 g/mol. The van der Waals surface area contributed by atoms with Crippen LogP contribution in [-0.4, -0.2) is 33.0 Å². The van der Waals surface area contributed by atoms with Crippen LogP contribution in [0.3, 0.4) is 0 Å². The molecule has 0 saturated heterocycles. The average Bonchev–Trinajstić information content (AvgIpc) is 3.03. The third-order valence-corrected chi connectivity index (χ3v) is 3.82. The zero-order valence-electron chi connectivity index (χ0n) is 14.1. The number of amides is 2. The van der Waals surface area contributed by atoms with Gasteiger partial charge in [-0.15, -0.1) is 0 Å². The fourth-order valence-corrected chi connectivity index (χ4v) is 2.56. The van der Waals surface area contributed by atoms with Gasteiger partial charge in [0.15, 0.2) is 5.65 Å². The number of benzene rings is 1. The number of alkyl halides is 3. The molecule has 7 nitrogen and oxygen atoms in total. The number of nitrogens with zero attached hydrogens (tertiary/aromatic N) is 3. The highest BCUT2D eigenvalue weighted by atomic mass is 19.4. The van der Waals surface area contributed by atoms with Crippen LogP contribution in [-0.2, 0) is 17.4 Å². The van der Waals surface area contributed by atoms with Crippen LogP contribution < -0.4 is 11.1 Å². The molecule has 0 unspecified atom stereocenters. The molecule has 3 aromatic rings. The van der Waals surface area contributed by atoms with Gasteiger partial charge in [-0.25, -0.2) is 13.9 Å². The number of nitrogens with one attached hydrogen (secondary N) is 1. The molecular weight excluding hydrogens is 382 g/mol. The molecule has 2 heterocycles. The molecule has 11 heteroatoms. The van der Waals surface area contributed by atoms with Gasteiger partial charge in [-0.05, 0) is 23.3 Å². The molecule has 2 amide bonds. The Bertz CT molecular complexity index is 1060. The maximum atomic E-state index is 13.4. The van der Waals surface area contributed by atoms with Crippen molar-refractivity contribution in [3.63, 3.8) is 0 Å². The fourth-order valence-electron chi connectivity index (χ4n) is 2.56. The van der Waals surface area contributed by atoms with E-state index in [1.807, 2.05) is 0 Å². The van der Waals surface area contributed by atoms with E-state index in [1.54, 1.807) is 0 Å². The summed E-state index contributed by atoms with van der Waals surface area (Å²) < 4.78 is 53.2. The molecule has 0 saturated carbocycles. The summed E-state index contributed by atoms with van der Waals surface area (Å²) >= 11 is 0. The largest absolute Gasteiger partial charge is 0.419 e. The number of fused-ring (bicyclic) bond motifs is 1. The highest BCUT2D eigenvalue weighted by Crippen LogP contribution is 2.32. The molecule has 0 aliphatic heterocycles. The predicted octanol–water partition coefficient (Wildman–Crippen LogP) is 1.69. The first-order valence-corrected chi connectivity index (χ1v) is 7.89. The van der Waals surface area contributed by atoms with Crippen molar-refractivity contribution in [1.29, 1.82) is 0 Å². The Balaban J connectivity index is 1.84. The van der Waals surface area contributed by atoms with Gasteiger partial charge < -0.3 is 11.1 Å². The highest BCUT2D eigenvalue weighted by Gasteiger charge is 2.34. The molecule has 1 aromatic carbocycles. The number of hydrogen-bond acceptors (Lipinski definition) is 4. The van der Waals surface area contributed by atoms with Crippen LogP contribution in [0.15, 0.2) is 36.8 Å². The summed E-state index contributed by atoms with van der Waals surface area (Å²) in [7, 11) is 0. The van der Waals surface area contributed by atoms with Crippen LogP contribution in [0.5, 0.6) is 0 Å². The van der Waals surface area contributed by atoms with Gasteiger partial charge >= 0.3 is 6.18 Å². The molecule has 2 aromatic heterocycles. The van der Waals surface area contributed by atoms with Gasteiger partial charge in [0.25, 0.3) is 5.91 Å². The van der Waals surface area contributed by atoms with Crippen molar-refractivity contribution in [2.24, 2.45) is 5.73 Å². The van der Waals surface area contributed by atoms with E-state index in [0.717, 1.165) is 12.1 Å². The second-order valence-electron chi connectivity index (χ2n) is 5.93. The minimum atomic E-state index is -4.79. The van der Waals surface area contributed by atoms with E-state index in [1.165, 1.54) is 29.2 Å². The summed E-state index contributed by atoms with van der Waals surface area (Å²) in [6.07, 6.45) is -0.642. The Kier molecular flexibility index (Phi) is 4.99. The number of primary amides is 1. The second kappa shape index (κ2) is 7.25. The molecule has 0 bridgehead atoms. The lowest BCUT2D eigenvalue weighted by molar-refractivity contribution is -0.140. The monoisotopic (exact) mass is 395 g/mol. The molecule has 0 aliphatic rings. The van der Waals surface area contributed by atoms with Gasteiger partial charge in [0, 0.05) is 18.8 Å². The number of carbonyl (C=O) groups excluding carboxylic acids is 2. The summed E-state index contributed by atoms with van der Waals surface area (Å²) in [4.78, 5) is 26.8. The summed E-state index contributed by atoms with van der Waals surface area (Å²) in [6.45, 7) is -0.347. The van der Waals surface area contributed by atoms with Crippen molar-refractivity contribution in [2.45, 2.75) is 12.6 Å². The van der Waals surface area contributed by atoms with Crippen molar-refractivity contribution >= 4 is 17.5 Å². The van der Waals surface area contributed by atoms with Crippen LogP contribution in [0, 0.1) is 5.82 Å². The van der Waals surface area contributed by atoms with Gasteiger partial charge in [-0.2, -0.15) is 18.3 Å². The van der Waals surface area contributed by atoms with Crippen LogP contribution in [0.2, 0.25) is 0 Å². The smallest absolute Gasteiger partial charge is 0.368 e. The second-order valence-corrected chi connectivity index (χ2v) is 5.93. The number of rotatable bonds is 5. The number of carbonyl (C=O) groups is 2. The topological polar surface area (TPSA) is 102 Å². The molecule has 0 atom stereocenters. The summed E-state index contributed by atoms with van der Waals surface area (Å²) in [6, 6.07) is 2.76. The predicted molar refractivity (Wildman–Crippen MR) is 88.7 cm³/mol. The molecule has 28 heavy (non-hydrogen) atoms. The molecule has 3 N–H and O–H groups in total. The first-order chi connectivity index (χ1) is 13.1. The summed E-state index contributed by atoms with van der Waals surface area (Å²) in [5.41, 5.74) is 4.66. The summed E-state index contributed by atoms with van der Waals surface area (Å²) in [5, 5.41) is 6.29. The minimum Gasteiger partial charge on any atom is -0.368 e. The maximum absolute atomic E-state index is 13.4. The van der Waals surface area contributed by atoms with E-state index in [2.05, 4.69) is 15.4 Å². The van der Waals surface area contributed by atoms with Crippen LogP contribution in [0.4, 0.5) is 17.6 Å².